The van der Waals surface area contributed by atoms with Crippen molar-refractivity contribution in [1.29, 1.82) is 0 Å². The molecule has 150 valence electrons. The van der Waals surface area contributed by atoms with Gasteiger partial charge in [-0.15, -0.1) is 0 Å². The van der Waals surface area contributed by atoms with Crippen LogP contribution in [0.25, 0.3) is 0 Å². The largest absolute Gasteiger partial charge is 0.780 e. The van der Waals surface area contributed by atoms with Crippen LogP contribution >= 0.6 is 6.72 Å². The number of hydrogen-bond acceptors (Lipinski definition) is 8. The highest BCUT2D eigenvalue weighted by molar-refractivity contribution is 8.06. The maximum atomic E-state index is 12.1. The molecule has 0 saturated heterocycles. The van der Waals surface area contributed by atoms with Crippen molar-refractivity contribution in [2.24, 2.45) is 5.92 Å². The lowest BCUT2D eigenvalue weighted by atomic mass is 10.1. The maximum Gasteiger partial charge on any atom is 0.330 e. The highest BCUT2D eigenvalue weighted by Gasteiger charge is 2.21. The molecule has 9 nitrogen and oxygen atoms in total. The average molecular weight is 409 g/mol. The Hall–Kier alpha value is -0.870. The van der Waals surface area contributed by atoms with E-state index >= 15 is 0 Å². The predicted octanol–water partition coefficient (Wildman–Crippen LogP) is 0.485. The van der Waals surface area contributed by atoms with E-state index in [0.29, 0.717) is 6.42 Å². The number of aromatic nitrogens is 2. The zero-order valence-electron chi connectivity index (χ0n) is 15.3. The van der Waals surface area contributed by atoms with E-state index in [4.69, 9.17) is 25.6 Å². The fourth-order valence-electron chi connectivity index (χ4n) is 2.22. The lowest BCUT2D eigenvalue weighted by molar-refractivity contribution is -0.213. The van der Waals surface area contributed by atoms with Crippen molar-refractivity contribution in [3.8, 4) is 0 Å². The van der Waals surface area contributed by atoms with Gasteiger partial charge in [0.2, 0.25) is 0 Å². The minimum absolute atomic E-state index is 0.125. The van der Waals surface area contributed by atoms with Gasteiger partial charge in [0.05, 0.1) is 25.4 Å². The van der Waals surface area contributed by atoms with Crippen LogP contribution in [0.1, 0.15) is 40.3 Å². The first-order valence-electron chi connectivity index (χ1n) is 8.25. The molecular weight excluding hydrogens is 383 g/mol. The Morgan fingerprint density at radius 3 is 2.50 bits per heavy atom. The second-order valence-corrected chi connectivity index (χ2v) is 9.14. The lowest BCUT2D eigenvalue weighted by Crippen LogP contribution is -2.37. The number of aromatic amines is 1. The molecule has 1 rings (SSSR count). The summed E-state index contributed by atoms with van der Waals surface area (Å²) in [5.74, 6) is 0.200. The molecule has 0 amide bonds. The third-order valence-corrected chi connectivity index (χ3v) is 4.88. The first kappa shape index (κ1) is 23.2. The minimum atomic E-state index is -3.66. The van der Waals surface area contributed by atoms with Crippen molar-refractivity contribution in [3.63, 3.8) is 0 Å². The van der Waals surface area contributed by atoms with E-state index in [1.807, 2.05) is 13.8 Å². The van der Waals surface area contributed by atoms with Gasteiger partial charge in [0.25, 0.3) is 5.56 Å². The first-order valence-corrected chi connectivity index (χ1v) is 10.8. The van der Waals surface area contributed by atoms with Gasteiger partial charge in [0, 0.05) is 12.3 Å². The van der Waals surface area contributed by atoms with Gasteiger partial charge < -0.3 is 23.8 Å². The average Bonchev–Trinajstić information content (AvgIpc) is 2.49. The monoisotopic (exact) mass is 409 g/mol. The van der Waals surface area contributed by atoms with Crippen molar-refractivity contribution in [3.05, 3.63) is 33.1 Å². The zero-order chi connectivity index (χ0) is 19.9. The van der Waals surface area contributed by atoms with Crippen LogP contribution in [-0.4, -0.2) is 40.1 Å². The van der Waals surface area contributed by atoms with Gasteiger partial charge in [0.15, 0.2) is 6.23 Å². The van der Waals surface area contributed by atoms with E-state index in [1.165, 1.54) is 6.20 Å². The Labute approximate surface area is 157 Å². The lowest BCUT2D eigenvalue weighted by Gasteiger charge is -2.32. The third kappa shape index (κ3) is 8.22. The van der Waals surface area contributed by atoms with Gasteiger partial charge in [0.1, 0.15) is 6.72 Å². The standard InChI is InChI=1S/C15H27N2O7PS/c1-10(2)7-12(9-22-25(21,26)24-11(3)4)23-14(8-18)17-6-5-13(19)16-15(17)20/h5-6,10-12,14,18H,7-9H2,1-4H3,(H,21,26)(H,16,19,20)/p-1/t12-,14-,25?/m1/s1. The van der Waals surface area contributed by atoms with E-state index < -0.39 is 36.9 Å². The summed E-state index contributed by atoms with van der Waals surface area (Å²) in [5, 5.41) is 9.59. The van der Waals surface area contributed by atoms with Gasteiger partial charge in [-0.3, -0.25) is 14.3 Å². The Kier molecular flexibility index (Phi) is 9.32. The SMILES string of the molecule is CC(C)C[C@H](COP([O-])(=S)OC(C)C)O[C@H](CO)n1ccc(=O)[nH]c1=O. The molecule has 0 bridgehead atoms. The maximum absolute atomic E-state index is 12.1. The molecule has 0 fully saturated rings. The van der Waals surface area contributed by atoms with Crippen LogP contribution < -0.4 is 16.1 Å². The molecule has 0 aliphatic rings. The van der Waals surface area contributed by atoms with E-state index in [-0.39, 0.29) is 18.6 Å². The minimum Gasteiger partial charge on any atom is -0.780 e. The Morgan fingerprint density at radius 1 is 1.35 bits per heavy atom. The summed E-state index contributed by atoms with van der Waals surface area (Å²) in [6.45, 7) is 2.99. The topological polar surface area (TPSA) is 126 Å². The van der Waals surface area contributed by atoms with Crippen LogP contribution in [0.5, 0.6) is 0 Å². The molecule has 3 atom stereocenters. The number of aliphatic hydroxyl groups excluding tert-OH is 1. The number of nitrogens with zero attached hydrogens (tertiary/aromatic N) is 1. The normalized spacial score (nSPS) is 16.6. The van der Waals surface area contributed by atoms with Crippen molar-refractivity contribution in [2.75, 3.05) is 13.2 Å². The molecule has 0 aliphatic heterocycles. The van der Waals surface area contributed by atoms with E-state index in [1.54, 1.807) is 13.8 Å². The summed E-state index contributed by atoms with van der Waals surface area (Å²) < 4.78 is 17.1. The summed E-state index contributed by atoms with van der Waals surface area (Å²) in [7, 11) is 0. The van der Waals surface area contributed by atoms with Crippen LogP contribution in [0, 0.1) is 5.92 Å². The van der Waals surface area contributed by atoms with Crippen molar-refractivity contribution >= 4 is 18.5 Å². The highest BCUT2D eigenvalue weighted by Crippen LogP contribution is 2.40. The predicted molar refractivity (Wildman–Crippen MR) is 98.2 cm³/mol. The van der Waals surface area contributed by atoms with Crippen LogP contribution in [-0.2, 0) is 25.6 Å². The molecule has 1 heterocycles. The molecule has 0 aliphatic carbocycles. The highest BCUT2D eigenvalue weighted by atomic mass is 32.5. The third-order valence-electron chi connectivity index (χ3n) is 3.16. The van der Waals surface area contributed by atoms with Gasteiger partial charge >= 0.3 is 5.69 Å². The smallest absolute Gasteiger partial charge is 0.330 e. The molecule has 1 unspecified atom stereocenters. The van der Waals surface area contributed by atoms with Crippen molar-refractivity contribution < 1.29 is 23.8 Å². The molecule has 11 heteroatoms. The van der Waals surface area contributed by atoms with E-state index in [9.17, 15) is 19.6 Å². The molecule has 0 aromatic carbocycles. The van der Waals surface area contributed by atoms with Crippen LogP contribution in [0.4, 0.5) is 0 Å². The zero-order valence-corrected chi connectivity index (χ0v) is 17.0. The quantitative estimate of drug-likeness (QED) is 0.506. The van der Waals surface area contributed by atoms with Gasteiger partial charge in [-0.2, -0.15) is 0 Å². The van der Waals surface area contributed by atoms with Crippen molar-refractivity contribution in [2.45, 2.75) is 52.6 Å². The number of hydrogen-bond donors (Lipinski definition) is 2. The summed E-state index contributed by atoms with van der Waals surface area (Å²) >= 11 is 4.83. The van der Waals surface area contributed by atoms with Crippen LogP contribution in [0.2, 0.25) is 0 Å². The fourth-order valence-corrected chi connectivity index (χ4v) is 3.85. The van der Waals surface area contributed by atoms with Crippen molar-refractivity contribution in [1.82, 2.24) is 9.55 Å². The Balaban J connectivity index is 2.89. The molecule has 0 spiro atoms. The fraction of sp³-hybridized carbons (Fsp3) is 0.733. The molecule has 1 aromatic rings. The van der Waals surface area contributed by atoms with Crippen LogP contribution in [0.3, 0.4) is 0 Å². The Bertz CT molecular complexity index is 718. The molecule has 0 saturated carbocycles. The molecule has 26 heavy (non-hydrogen) atoms. The van der Waals surface area contributed by atoms with Gasteiger partial charge in [-0.1, -0.05) is 25.7 Å². The number of aliphatic hydroxyl groups is 1. The molecular formula is C15H26N2O7PS-. The summed E-state index contributed by atoms with van der Waals surface area (Å²) in [6, 6.07) is 1.15. The second-order valence-electron chi connectivity index (χ2n) is 6.44. The number of ether oxygens (including phenoxy) is 1. The first-order chi connectivity index (χ1) is 12.0. The van der Waals surface area contributed by atoms with E-state index in [2.05, 4.69) is 4.98 Å². The number of H-pyrrole nitrogens is 1. The number of nitrogens with one attached hydrogen (secondary N) is 1. The van der Waals surface area contributed by atoms with Gasteiger partial charge in [-0.25, -0.2) is 4.79 Å². The second kappa shape index (κ2) is 10.5. The summed E-state index contributed by atoms with van der Waals surface area (Å²) in [6.07, 6.45) is -0.256. The van der Waals surface area contributed by atoms with E-state index in [0.717, 1.165) is 10.6 Å². The Morgan fingerprint density at radius 2 is 2.00 bits per heavy atom. The summed E-state index contributed by atoms with van der Waals surface area (Å²) in [5.41, 5.74) is -1.26. The molecule has 2 N–H and O–H groups in total. The molecule has 0 radical (unpaired) electrons. The molecule has 1 aromatic heterocycles. The summed E-state index contributed by atoms with van der Waals surface area (Å²) in [4.78, 5) is 37.3. The van der Waals surface area contributed by atoms with Crippen LogP contribution in [0.15, 0.2) is 21.9 Å². The van der Waals surface area contributed by atoms with Gasteiger partial charge in [-0.05, 0) is 26.2 Å². The number of rotatable bonds is 11.